The van der Waals surface area contributed by atoms with Crippen LogP contribution in [0, 0.1) is 0 Å². The van der Waals surface area contributed by atoms with Crippen molar-refractivity contribution in [1.82, 2.24) is 0 Å². The fourth-order valence-corrected chi connectivity index (χ4v) is 2.04. The van der Waals surface area contributed by atoms with Crippen molar-refractivity contribution < 1.29 is 23.8 Å². The lowest BCUT2D eigenvalue weighted by atomic mass is 10.2. The molecule has 0 bridgehead atoms. The molecule has 0 radical (unpaired) electrons. The third-order valence-corrected chi connectivity index (χ3v) is 3.52. The van der Waals surface area contributed by atoms with Crippen LogP contribution in [-0.4, -0.2) is 31.6 Å². The Labute approximate surface area is 141 Å². The molecule has 5 nitrogen and oxygen atoms in total. The Hall–Kier alpha value is -2.66. The SMILES string of the molecule is COc1ccc(CO[C@@H](C)[C@@H](C=O)OC(=O)c2ccccc2)cc1. The predicted molar refractivity (Wildman–Crippen MR) is 89.0 cm³/mol. The molecule has 2 aromatic rings. The predicted octanol–water partition coefficient (Wildman–Crippen LogP) is 3.02. The molecule has 0 amide bonds. The summed E-state index contributed by atoms with van der Waals surface area (Å²) in [5.41, 5.74) is 1.33. The molecular formula is C19H20O5. The van der Waals surface area contributed by atoms with Gasteiger partial charge in [0, 0.05) is 0 Å². The highest BCUT2D eigenvalue weighted by Gasteiger charge is 2.22. The highest BCUT2D eigenvalue weighted by molar-refractivity contribution is 5.90. The molecule has 126 valence electrons. The van der Waals surface area contributed by atoms with E-state index in [0.717, 1.165) is 11.3 Å². The molecule has 2 atom stereocenters. The van der Waals surface area contributed by atoms with E-state index in [4.69, 9.17) is 14.2 Å². The van der Waals surface area contributed by atoms with Crippen LogP contribution in [0.2, 0.25) is 0 Å². The normalized spacial score (nSPS) is 12.9. The first kappa shape index (κ1) is 17.7. The van der Waals surface area contributed by atoms with Crippen molar-refractivity contribution in [3.63, 3.8) is 0 Å². The Morgan fingerprint density at radius 2 is 1.75 bits per heavy atom. The highest BCUT2D eigenvalue weighted by atomic mass is 16.6. The van der Waals surface area contributed by atoms with Crippen molar-refractivity contribution in [3.8, 4) is 5.75 Å². The average Bonchev–Trinajstić information content (AvgIpc) is 2.65. The van der Waals surface area contributed by atoms with Gasteiger partial charge in [0.15, 0.2) is 12.4 Å². The van der Waals surface area contributed by atoms with E-state index in [1.165, 1.54) is 0 Å². The van der Waals surface area contributed by atoms with E-state index >= 15 is 0 Å². The summed E-state index contributed by atoms with van der Waals surface area (Å²) in [6.07, 6.45) is -0.937. The van der Waals surface area contributed by atoms with Gasteiger partial charge in [-0.05, 0) is 36.8 Å². The van der Waals surface area contributed by atoms with Gasteiger partial charge in [-0.2, -0.15) is 0 Å². The van der Waals surface area contributed by atoms with E-state index in [9.17, 15) is 9.59 Å². The van der Waals surface area contributed by atoms with Crippen LogP contribution in [0.4, 0.5) is 0 Å². The van der Waals surface area contributed by atoms with Crippen molar-refractivity contribution in [2.45, 2.75) is 25.7 Å². The number of carbonyl (C=O) groups excluding carboxylic acids is 2. The summed E-state index contributed by atoms with van der Waals surface area (Å²) in [5.74, 6) is 0.210. The summed E-state index contributed by atoms with van der Waals surface area (Å²) >= 11 is 0. The topological polar surface area (TPSA) is 61.8 Å². The maximum absolute atomic E-state index is 12.0. The number of ether oxygens (including phenoxy) is 3. The molecule has 0 unspecified atom stereocenters. The number of esters is 1. The van der Waals surface area contributed by atoms with Crippen molar-refractivity contribution in [3.05, 3.63) is 65.7 Å². The molecule has 0 saturated carbocycles. The molecule has 0 spiro atoms. The van der Waals surface area contributed by atoms with Crippen LogP contribution in [0.25, 0.3) is 0 Å². The molecule has 5 heteroatoms. The van der Waals surface area contributed by atoms with Crippen LogP contribution in [-0.2, 0) is 20.9 Å². The maximum atomic E-state index is 12.0. The van der Waals surface area contributed by atoms with Gasteiger partial charge in [0.25, 0.3) is 0 Å². The zero-order chi connectivity index (χ0) is 17.4. The van der Waals surface area contributed by atoms with Crippen LogP contribution in [0.5, 0.6) is 5.75 Å². The third-order valence-electron chi connectivity index (χ3n) is 3.52. The molecule has 0 N–H and O–H groups in total. The number of benzene rings is 2. The minimum atomic E-state index is -0.962. The Morgan fingerprint density at radius 3 is 2.33 bits per heavy atom. The largest absolute Gasteiger partial charge is 0.497 e. The number of hydrogen-bond donors (Lipinski definition) is 0. The minimum absolute atomic E-state index is 0.304. The first-order valence-electron chi connectivity index (χ1n) is 7.60. The summed E-state index contributed by atoms with van der Waals surface area (Å²) in [6.45, 7) is 2.00. The van der Waals surface area contributed by atoms with Gasteiger partial charge in [-0.1, -0.05) is 30.3 Å². The molecule has 2 aromatic carbocycles. The lowest BCUT2D eigenvalue weighted by Gasteiger charge is -2.20. The highest BCUT2D eigenvalue weighted by Crippen LogP contribution is 2.14. The minimum Gasteiger partial charge on any atom is -0.497 e. The van der Waals surface area contributed by atoms with E-state index in [-0.39, 0.29) is 0 Å². The zero-order valence-electron chi connectivity index (χ0n) is 13.7. The molecule has 2 rings (SSSR count). The molecule has 24 heavy (non-hydrogen) atoms. The molecular weight excluding hydrogens is 308 g/mol. The van der Waals surface area contributed by atoms with Crippen LogP contribution in [0.3, 0.4) is 0 Å². The van der Waals surface area contributed by atoms with Crippen molar-refractivity contribution in [1.29, 1.82) is 0 Å². The second-order valence-corrected chi connectivity index (χ2v) is 5.24. The standard InChI is InChI=1S/C19H20O5/c1-14(23-13-15-8-10-17(22-2)11-9-15)18(12-20)24-19(21)16-6-4-3-5-7-16/h3-12,14,18H,13H2,1-2H3/t14-,18+/m0/s1. The van der Waals surface area contributed by atoms with Crippen molar-refractivity contribution >= 4 is 12.3 Å². The van der Waals surface area contributed by atoms with Crippen molar-refractivity contribution in [2.75, 3.05) is 7.11 Å². The van der Waals surface area contributed by atoms with Gasteiger partial charge in [-0.15, -0.1) is 0 Å². The van der Waals surface area contributed by atoms with E-state index < -0.39 is 18.2 Å². The van der Waals surface area contributed by atoms with Crippen LogP contribution >= 0.6 is 0 Å². The van der Waals surface area contributed by atoms with Crippen LogP contribution in [0.1, 0.15) is 22.8 Å². The second-order valence-electron chi connectivity index (χ2n) is 5.24. The van der Waals surface area contributed by atoms with Gasteiger partial charge in [-0.25, -0.2) is 4.79 Å². The van der Waals surface area contributed by atoms with Crippen LogP contribution in [0.15, 0.2) is 54.6 Å². The van der Waals surface area contributed by atoms with Crippen molar-refractivity contribution in [2.24, 2.45) is 0 Å². The third kappa shape index (κ3) is 4.93. The van der Waals surface area contributed by atoms with E-state index in [0.29, 0.717) is 18.5 Å². The maximum Gasteiger partial charge on any atom is 0.338 e. The van der Waals surface area contributed by atoms with Gasteiger partial charge >= 0.3 is 5.97 Å². The van der Waals surface area contributed by atoms with Gasteiger partial charge < -0.3 is 14.2 Å². The Balaban J connectivity index is 1.89. The number of rotatable bonds is 8. The quantitative estimate of drug-likeness (QED) is 0.550. The summed E-state index contributed by atoms with van der Waals surface area (Å²) in [5, 5.41) is 0. The van der Waals surface area contributed by atoms with Gasteiger partial charge in [0.05, 0.1) is 25.4 Å². The molecule has 0 aromatic heterocycles. The second kappa shape index (κ2) is 8.84. The summed E-state index contributed by atoms with van der Waals surface area (Å²) in [4.78, 5) is 23.2. The Morgan fingerprint density at radius 1 is 1.08 bits per heavy atom. The molecule has 0 aliphatic carbocycles. The number of hydrogen-bond acceptors (Lipinski definition) is 5. The van der Waals surface area contributed by atoms with Gasteiger partial charge in [0.1, 0.15) is 5.75 Å². The van der Waals surface area contributed by atoms with Gasteiger partial charge in [0.2, 0.25) is 0 Å². The van der Waals surface area contributed by atoms with E-state index in [1.54, 1.807) is 44.4 Å². The number of methoxy groups -OCH3 is 1. The molecule has 0 aliphatic rings. The zero-order valence-corrected chi connectivity index (χ0v) is 13.7. The van der Waals surface area contributed by atoms with Gasteiger partial charge in [-0.3, -0.25) is 4.79 Å². The first-order chi connectivity index (χ1) is 11.6. The smallest absolute Gasteiger partial charge is 0.338 e. The summed E-state index contributed by atoms with van der Waals surface area (Å²) < 4.78 is 16.0. The number of carbonyl (C=O) groups is 2. The lowest BCUT2D eigenvalue weighted by Crippen LogP contribution is -2.32. The number of aldehydes is 1. The summed E-state index contributed by atoms with van der Waals surface area (Å²) in [7, 11) is 1.60. The Bertz CT molecular complexity index is 651. The molecule has 0 heterocycles. The summed E-state index contributed by atoms with van der Waals surface area (Å²) in [6, 6.07) is 15.9. The first-order valence-corrected chi connectivity index (χ1v) is 7.60. The fourth-order valence-electron chi connectivity index (χ4n) is 2.04. The molecule has 0 saturated heterocycles. The van der Waals surface area contributed by atoms with E-state index in [1.807, 2.05) is 24.3 Å². The monoisotopic (exact) mass is 328 g/mol. The van der Waals surface area contributed by atoms with Crippen LogP contribution < -0.4 is 4.74 Å². The average molecular weight is 328 g/mol. The lowest BCUT2D eigenvalue weighted by molar-refractivity contribution is -0.124. The van der Waals surface area contributed by atoms with E-state index in [2.05, 4.69) is 0 Å². The molecule has 0 fully saturated rings. The Kier molecular flexibility index (Phi) is 6.51. The fraction of sp³-hybridized carbons (Fsp3) is 0.263. The molecule has 0 aliphatic heterocycles.